The third-order valence-electron chi connectivity index (χ3n) is 5.45. The third kappa shape index (κ3) is 6.16. The van der Waals surface area contributed by atoms with Gasteiger partial charge < -0.3 is 16.4 Å². The maximum absolute atomic E-state index is 13.1. The monoisotopic (exact) mass is 395 g/mol. The lowest BCUT2D eigenvalue weighted by atomic mass is 9.94. The second kappa shape index (κ2) is 10.2. The summed E-state index contributed by atoms with van der Waals surface area (Å²) in [4.78, 5) is 26.4. The number of amides is 2. The van der Waals surface area contributed by atoms with Crippen molar-refractivity contribution in [3.05, 3.63) is 70.3 Å². The Balaban J connectivity index is 2.10. The molecule has 5 nitrogen and oxygen atoms in total. The van der Waals surface area contributed by atoms with Crippen LogP contribution in [-0.2, 0) is 22.4 Å². The Bertz CT molecular complexity index is 825. The summed E-state index contributed by atoms with van der Waals surface area (Å²) in [7, 11) is 0. The van der Waals surface area contributed by atoms with E-state index in [1.165, 1.54) is 16.0 Å². The smallest absolute Gasteiger partial charge is 0.240 e. The molecule has 0 spiro atoms. The van der Waals surface area contributed by atoms with Crippen LogP contribution in [0.3, 0.4) is 0 Å². The number of aryl methyl sites for hydroxylation is 4. The minimum atomic E-state index is -0.714. The SMILES string of the molecule is Cc1cc(C)c(C[C@H](N)C(=O)N(CCCc2ccccc2)[C@H](C)C(N)=O)c(C)c1. The van der Waals surface area contributed by atoms with E-state index in [4.69, 9.17) is 11.5 Å². The van der Waals surface area contributed by atoms with Gasteiger partial charge in [0.25, 0.3) is 0 Å². The predicted molar refractivity (Wildman–Crippen MR) is 117 cm³/mol. The first-order valence-corrected chi connectivity index (χ1v) is 10.2. The molecule has 2 aromatic carbocycles. The van der Waals surface area contributed by atoms with Crippen molar-refractivity contribution in [1.29, 1.82) is 0 Å². The number of carbonyl (C=O) groups excluding carboxylic acids is 2. The fourth-order valence-electron chi connectivity index (χ4n) is 3.80. The van der Waals surface area contributed by atoms with Gasteiger partial charge in [-0.15, -0.1) is 0 Å². The van der Waals surface area contributed by atoms with E-state index in [9.17, 15) is 9.59 Å². The molecule has 0 saturated carbocycles. The van der Waals surface area contributed by atoms with Gasteiger partial charge in [-0.25, -0.2) is 0 Å². The molecule has 0 heterocycles. The van der Waals surface area contributed by atoms with Gasteiger partial charge >= 0.3 is 0 Å². The quantitative estimate of drug-likeness (QED) is 0.684. The molecular formula is C24H33N3O2. The predicted octanol–water partition coefficient (Wildman–Crippen LogP) is 2.82. The van der Waals surface area contributed by atoms with Crippen LogP contribution >= 0.6 is 0 Å². The molecule has 0 aliphatic carbocycles. The van der Waals surface area contributed by atoms with E-state index in [0.29, 0.717) is 13.0 Å². The minimum Gasteiger partial charge on any atom is -0.368 e. The van der Waals surface area contributed by atoms with Crippen LogP contribution in [0, 0.1) is 20.8 Å². The van der Waals surface area contributed by atoms with Crippen molar-refractivity contribution in [2.24, 2.45) is 11.5 Å². The van der Waals surface area contributed by atoms with E-state index >= 15 is 0 Å². The Kier molecular flexibility index (Phi) is 7.97. The number of hydrogen-bond donors (Lipinski definition) is 2. The van der Waals surface area contributed by atoms with Crippen LogP contribution in [0.2, 0.25) is 0 Å². The molecule has 0 saturated heterocycles. The van der Waals surface area contributed by atoms with E-state index < -0.39 is 18.0 Å². The van der Waals surface area contributed by atoms with Gasteiger partial charge in [0.2, 0.25) is 11.8 Å². The molecule has 0 fully saturated rings. The topological polar surface area (TPSA) is 89.4 Å². The van der Waals surface area contributed by atoms with Crippen molar-refractivity contribution in [2.45, 2.75) is 59.0 Å². The van der Waals surface area contributed by atoms with Gasteiger partial charge in [0, 0.05) is 6.54 Å². The fraction of sp³-hybridized carbons (Fsp3) is 0.417. The number of benzene rings is 2. The molecule has 2 atom stereocenters. The van der Waals surface area contributed by atoms with Crippen molar-refractivity contribution in [2.75, 3.05) is 6.54 Å². The van der Waals surface area contributed by atoms with Crippen LogP contribution in [0.25, 0.3) is 0 Å². The van der Waals surface area contributed by atoms with Gasteiger partial charge in [0.05, 0.1) is 6.04 Å². The second-order valence-electron chi connectivity index (χ2n) is 7.89. The molecule has 0 aromatic heterocycles. The average molecular weight is 396 g/mol. The summed E-state index contributed by atoms with van der Waals surface area (Å²) in [6, 6.07) is 12.9. The van der Waals surface area contributed by atoms with E-state index in [-0.39, 0.29) is 5.91 Å². The molecule has 0 bridgehead atoms. The van der Waals surface area contributed by atoms with Gasteiger partial charge in [-0.3, -0.25) is 9.59 Å². The molecule has 156 valence electrons. The maximum atomic E-state index is 13.1. The van der Waals surface area contributed by atoms with Gasteiger partial charge in [0.1, 0.15) is 6.04 Å². The van der Waals surface area contributed by atoms with Crippen LogP contribution in [0.1, 0.15) is 41.2 Å². The van der Waals surface area contributed by atoms with E-state index in [2.05, 4.69) is 31.2 Å². The molecule has 2 amide bonds. The normalized spacial score (nSPS) is 13.0. The number of carbonyl (C=O) groups is 2. The van der Waals surface area contributed by atoms with Gasteiger partial charge in [-0.1, -0.05) is 48.0 Å². The van der Waals surface area contributed by atoms with Crippen LogP contribution in [0.15, 0.2) is 42.5 Å². The molecule has 4 N–H and O–H groups in total. The van der Waals surface area contributed by atoms with Crippen molar-refractivity contribution in [3.8, 4) is 0 Å². The van der Waals surface area contributed by atoms with E-state index in [0.717, 1.165) is 29.5 Å². The summed E-state index contributed by atoms with van der Waals surface area (Å²) in [5, 5.41) is 0. The van der Waals surface area contributed by atoms with Gasteiger partial charge in [-0.2, -0.15) is 0 Å². The largest absolute Gasteiger partial charge is 0.368 e. The van der Waals surface area contributed by atoms with Crippen LogP contribution in [0.4, 0.5) is 0 Å². The number of rotatable bonds is 9. The summed E-state index contributed by atoms with van der Waals surface area (Å²) in [6.45, 7) is 8.24. The number of primary amides is 1. The first kappa shape index (κ1) is 22.6. The lowest BCUT2D eigenvalue weighted by Crippen LogP contribution is -2.53. The zero-order chi connectivity index (χ0) is 21.6. The number of nitrogens with zero attached hydrogens (tertiary/aromatic N) is 1. The molecule has 29 heavy (non-hydrogen) atoms. The lowest BCUT2D eigenvalue weighted by Gasteiger charge is -2.30. The zero-order valence-corrected chi connectivity index (χ0v) is 17.9. The van der Waals surface area contributed by atoms with Crippen molar-refractivity contribution in [1.82, 2.24) is 4.90 Å². The highest BCUT2D eigenvalue weighted by molar-refractivity contribution is 5.89. The minimum absolute atomic E-state index is 0.233. The summed E-state index contributed by atoms with van der Waals surface area (Å²) >= 11 is 0. The molecule has 2 rings (SSSR count). The Morgan fingerprint density at radius 2 is 1.62 bits per heavy atom. The first-order valence-electron chi connectivity index (χ1n) is 10.2. The summed E-state index contributed by atoms with van der Waals surface area (Å²) in [5.74, 6) is -0.753. The standard InChI is InChI=1S/C24H33N3O2/c1-16-13-17(2)21(18(3)14-16)15-22(25)24(29)27(19(4)23(26)28)12-8-11-20-9-6-5-7-10-20/h5-7,9-10,13-14,19,22H,8,11-12,15,25H2,1-4H3,(H2,26,28)/t19-,22+/m1/s1. The summed E-state index contributed by atoms with van der Waals surface area (Å²) in [5.41, 5.74) is 17.5. The highest BCUT2D eigenvalue weighted by Crippen LogP contribution is 2.19. The molecule has 5 heteroatoms. The molecular weight excluding hydrogens is 362 g/mol. The highest BCUT2D eigenvalue weighted by atomic mass is 16.2. The molecule has 2 aromatic rings. The Hall–Kier alpha value is -2.66. The summed E-state index contributed by atoms with van der Waals surface area (Å²) < 4.78 is 0. The number of hydrogen-bond acceptors (Lipinski definition) is 3. The van der Waals surface area contributed by atoms with Crippen molar-refractivity contribution >= 4 is 11.8 Å². The molecule has 0 radical (unpaired) electrons. The first-order chi connectivity index (χ1) is 13.7. The van der Waals surface area contributed by atoms with E-state index in [1.807, 2.05) is 32.0 Å². The fourth-order valence-corrected chi connectivity index (χ4v) is 3.80. The Morgan fingerprint density at radius 1 is 1.03 bits per heavy atom. The lowest BCUT2D eigenvalue weighted by molar-refractivity contribution is -0.139. The van der Waals surface area contributed by atoms with Gasteiger partial charge in [0.15, 0.2) is 0 Å². The Morgan fingerprint density at radius 3 is 2.17 bits per heavy atom. The van der Waals surface area contributed by atoms with Crippen molar-refractivity contribution in [3.63, 3.8) is 0 Å². The van der Waals surface area contributed by atoms with Crippen LogP contribution in [-0.4, -0.2) is 35.3 Å². The van der Waals surface area contributed by atoms with Gasteiger partial charge in [-0.05, 0) is 69.2 Å². The third-order valence-corrected chi connectivity index (χ3v) is 5.45. The molecule has 0 unspecified atom stereocenters. The zero-order valence-electron chi connectivity index (χ0n) is 17.9. The second-order valence-corrected chi connectivity index (χ2v) is 7.89. The highest BCUT2D eigenvalue weighted by Gasteiger charge is 2.28. The summed E-state index contributed by atoms with van der Waals surface area (Å²) in [6.07, 6.45) is 2.00. The Labute approximate surface area is 174 Å². The molecule has 0 aliphatic rings. The van der Waals surface area contributed by atoms with E-state index in [1.54, 1.807) is 6.92 Å². The number of nitrogens with two attached hydrogens (primary N) is 2. The molecule has 0 aliphatic heterocycles. The maximum Gasteiger partial charge on any atom is 0.240 e. The van der Waals surface area contributed by atoms with Crippen LogP contribution in [0.5, 0.6) is 0 Å². The average Bonchev–Trinajstić information content (AvgIpc) is 2.67. The van der Waals surface area contributed by atoms with Crippen molar-refractivity contribution < 1.29 is 9.59 Å². The van der Waals surface area contributed by atoms with Crippen LogP contribution < -0.4 is 11.5 Å².